The normalized spacial score (nSPS) is 12.3. The molecule has 0 spiro atoms. The van der Waals surface area contributed by atoms with Gasteiger partial charge < -0.3 is 19.2 Å². The molecule has 0 saturated heterocycles. The third-order valence-corrected chi connectivity index (χ3v) is 4.95. The van der Waals surface area contributed by atoms with Gasteiger partial charge in [-0.3, -0.25) is 4.79 Å². The molecule has 2 heterocycles. The van der Waals surface area contributed by atoms with Crippen LogP contribution in [0.15, 0.2) is 59.0 Å². The highest BCUT2D eigenvalue weighted by Crippen LogP contribution is 2.33. The largest absolute Gasteiger partial charge is 0.454 e. The van der Waals surface area contributed by atoms with Crippen molar-refractivity contribution in [1.82, 2.24) is 4.98 Å². The molecule has 1 aromatic heterocycles. The van der Waals surface area contributed by atoms with Gasteiger partial charge in [0.15, 0.2) is 17.1 Å². The summed E-state index contributed by atoms with van der Waals surface area (Å²) in [6, 6.07) is 16.0. The van der Waals surface area contributed by atoms with Crippen molar-refractivity contribution in [2.45, 2.75) is 6.92 Å². The number of fused-ring (bicyclic) bond motifs is 2. The molecule has 0 radical (unpaired) electrons. The second kappa shape index (κ2) is 6.83. The van der Waals surface area contributed by atoms with Crippen molar-refractivity contribution in [3.63, 3.8) is 0 Å². The number of rotatable bonds is 3. The molecule has 0 aliphatic carbocycles. The van der Waals surface area contributed by atoms with Crippen LogP contribution in [0.4, 0.5) is 5.69 Å². The first kappa shape index (κ1) is 17.6. The zero-order valence-corrected chi connectivity index (χ0v) is 16.1. The molecule has 0 saturated carbocycles. The first-order chi connectivity index (χ1) is 14.1. The van der Waals surface area contributed by atoms with Crippen molar-refractivity contribution in [3.05, 3.63) is 70.7 Å². The Kier molecular flexibility index (Phi) is 4.14. The van der Waals surface area contributed by atoms with Crippen LogP contribution in [0.1, 0.15) is 15.9 Å². The van der Waals surface area contributed by atoms with E-state index in [2.05, 4.69) is 10.3 Å². The molecule has 5 rings (SSSR count). The van der Waals surface area contributed by atoms with E-state index < -0.39 is 0 Å². The molecule has 0 unspecified atom stereocenters. The zero-order chi connectivity index (χ0) is 20.0. The highest BCUT2D eigenvalue weighted by atomic mass is 35.5. The van der Waals surface area contributed by atoms with E-state index in [1.165, 1.54) is 0 Å². The lowest BCUT2D eigenvalue weighted by Crippen LogP contribution is -2.12. The highest BCUT2D eigenvalue weighted by molar-refractivity contribution is 6.31. The fraction of sp³-hybridized carbons (Fsp3) is 0.0909. The number of hydrogen-bond acceptors (Lipinski definition) is 5. The van der Waals surface area contributed by atoms with E-state index in [9.17, 15) is 4.79 Å². The summed E-state index contributed by atoms with van der Waals surface area (Å²) < 4.78 is 16.5. The van der Waals surface area contributed by atoms with Crippen LogP contribution in [-0.4, -0.2) is 17.7 Å². The number of ether oxygens (including phenoxy) is 2. The Bertz CT molecular complexity index is 1270. The van der Waals surface area contributed by atoms with Crippen LogP contribution in [0.3, 0.4) is 0 Å². The van der Waals surface area contributed by atoms with E-state index in [0.717, 1.165) is 11.1 Å². The van der Waals surface area contributed by atoms with E-state index in [1.807, 2.05) is 25.1 Å². The Hall–Kier alpha value is -3.51. The minimum atomic E-state index is -0.243. The fourth-order valence-corrected chi connectivity index (χ4v) is 3.31. The second-order valence-corrected chi connectivity index (χ2v) is 7.12. The van der Waals surface area contributed by atoms with Gasteiger partial charge in [-0.1, -0.05) is 17.7 Å². The molecule has 1 amide bonds. The number of carbonyl (C=O) groups is 1. The molecule has 1 N–H and O–H groups in total. The predicted molar refractivity (Wildman–Crippen MR) is 110 cm³/mol. The number of halogens is 1. The summed E-state index contributed by atoms with van der Waals surface area (Å²) in [6.07, 6.45) is 0. The number of nitrogens with one attached hydrogen (secondary N) is 1. The number of anilines is 1. The lowest BCUT2D eigenvalue weighted by Gasteiger charge is -2.10. The van der Waals surface area contributed by atoms with Crippen LogP contribution >= 0.6 is 11.6 Å². The molecule has 6 nitrogen and oxygen atoms in total. The Morgan fingerprint density at radius 1 is 1.03 bits per heavy atom. The summed E-state index contributed by atoms with van der Waals surface area (Å²) in [4.78, 5) is 17.2. The van der Waals surface area contributed by atoms with Crippen LogP contribution in [0.5, 0.6) is 11.5 Å². The summed E-state index contributed by atoms with van der Waals surface area (Å²) in [5, 5.41) is 3.54. The molecule has 1 aliphatic heterocycles. The van der Waals surface area contributed by atoms with E-state index in [0.29, 0.717) is 44.8 Å². The van der Waals surface area contributed by atoms with E-state index >= 15 is 0 Å². The minimum absolute atomic E-state index is 0.164. The van der Waals surface area contributed by atoms with Gasteiger partial charge in [0, 0.05) is 21.8 Å². The smallest absolute Gasteiger partial charge is 0.255 e. The van der Waals surface area contributed by atoms with Gasteiger partial charge in [0.2, 0.25) is 12.7 Å². The molecule has 4 aromatic rings. The highest BCUT2D eigenvalue weighted by Gasteiger charge is 2.17. The van der Waals surface area contributed by atoms with Crippen LogP contribution in [0.25, 0.3) is 22.6 Å². The topological polar surface area (TPSA) is 73.6 Å². The number of aryl methyl sites for hydroxylation is 1. The van der Waals surface area contributed by atoms with Crippen molar-refractivity contribution < 1.29 is 18.7 Å². The number of carbonyl (C=O) groups excluding carboxylic acids is 1. The molecule has 144 valence electrons. The third kappa shape index (κ3) is 3.28. The van der Waals surface area contributed by atoms with Gasteiger partial charge in [0.1, 0.15) is 5.52 Å². The standard InChI is InChI=1S/C22H15ClN2O4/c1-12-2-3-14(22-25-17-10-15(23)5-7-18(17)29-22)8-16(12)24-21(26)13-4-6-19-20(9-13)28-11-27-19/h2-10H,11H2,1H3,(H,24,26). The number of hydrogen-bond donors (Lipinski definition) is 1. The summed E-state index contributed by atoms with van der Waals surface area (Å²) in [5.74, 6) is 1.41. The first-order valence-electron chi connectivity index (χ1n) is 8.95. The van der Waals surface area contributed by atoms with Crippen molar-refractivity contribution in [2.75, 3.05) is 12.1 Å². The van der Waals surface area contributed by atoms with Gasteiger partial charge in [0.25, 0.3) is 5.91 Å². The molecule has 7 heteroatoms. The van der Waals surface area contributed by atoms with Gasteiger partial charge in [-0.15, -0.1) is 0 Å². The molecular formula is C22H15ClN2O4. The van der Waals surface area contributed by atoms with Crippen molar-refractivity contribution in [2.24, 2.45) is 0 Å². The van der Waals surface area contributed by atoms with E-state index in [1.54, 1.807) is 36.4 Å². The van der Waals surface area contributed by atoms with Gasteiger partial charge in [-0.25, -0.2) is 4.98 Å². The Morgan fingerprint density at radius 3 is 2.79 bits per heavy atom. The van der Waals surface area contributed by atoms with Gasteiger partial charge in [0.05, 0.1) is 0 Å². The van der Waals surface area contributed by atoms with Crippen LogP contribution in [0.2, 0.25) is 5.02 Å². The van der Waals surface area contributed by atoms with Crippen LogP contribution in [-0.2, 0) is 0 Å². The lowest BCUT2D eigenvalue weighted by atomic mass is 10.1. The number of aromatic nitrogens is 1. The van der Waals surface area contributed by atoms with Gasteiger partial charge in [-0.05, 0) is 61.0 Å². The number of benzene rings is 3. The quantitative estimate of drug-likeness (QED) is 0.490. The molecular weight excluding hydrogens is 392 g/mol. The lowest BCUT2D eigenvalue weighted by molar-refractivity contribution is 0.102. The third-order valence-electron chi connectivity index (χ3n) is 4.72. The zero-order valence-electron chi connectivity index (χ0n) is 15.4. The maximum atomic E-state index is 12.7. The molecule has 1 aliphatic rings. The molecule has 29 heavy (non-hydrogen) atoms. The Morgan fingerprint density at radius 2 is 1.90 bits per heavy atom. The average Bonchev–Trinajstić information content (AvgIpc) is 3.35. The summed E-state index contributed by atoms with van der Waals surface area (Å²) in [6.45, 7) is 2.09. The SMILES string of the molecule is Cc1ccc(-c2nc3cc(Cl)ccc3o2)cc1NC(=O)c1ccc2c(c1)OCO2. The molecule has 0 atom stereocenters. The Labute approximate surface area is 171 Å². The maximum absolute atomic E-state index is 12.7. The molecule has 0 fully saturated rings. The molecule has 0 bridgehead atoms. The maximum Gasteiger partial charge on any atom is 0.255 e. The van der Waals surface area contributed by atoms with Crippen molar-refractivity contribution in [1.29, 1.82) is 0 Å². The fourth-order valence-electron chi connectivity index (χ4n) is 3.15. The number of amides is 1. The van der Waals surface area contributed by atoms with Crippen LogP contribution in [0, 0.1) is 6.92 Å². The van der Waals surface area contributed by atoms with Gasteiger partial charge in [-0.2, -0.15) is 0 Å². The summed E-state index contributed by atoms with van der Waals surface area (Å²) >= 11 is 6.02. The van der Waals surface area contributed by atoms with Crippen molar-refractivity contribution >= 4 is 34.3 Å². The Balaban J connectivity index is 1.45. The minimum Gasteiger partial charge on any atom is -0.454 e. The number of oxazole rings is 1. The average molecular weight is 407 g/mol. The predicted octanol–water partition coefficient (Wildman–Crippen LogP) is 5.44. The van der Waals surface area contributed by atoms with Crippen LogP contribution < -0.4 is 14.8 Å². The monoisotopic (exact) mass is 406 g/mol. The van der Waals surface area contributed by atoms with Gasteiger partial charge >= 0.3 is 0 Å². The summed E-state index contributed by atoms with van der Waals surface area (Å²) in [7, 11) is 0. The first-order valence-corrected chi connectivity index (χ1v) is 9.33. The van der Waals surface area contributed by atoms with E-state index in [4.69, 9.17) is 25.5 Å². The second-order valence-electron chi connectivity index (χ2n) is 6.68. The molecule has 3 aromatic carbocycles. The number of nitrogens with zero attached hydrogens (tertiary/aromatic N) is 1. The summed E-state index contributed by atoms with van der Waals surface area (Å²) in [5.41, 5.74) is 4.15. The van der Waals surface area contributed by atoms with Crippen molar-refractivity contribution in [3.8, 4) is 23.0 Å². The van der Waals surface area contributed by atoms with E-state index in [-0.39, 0.29) is 12.7 Å².